The van der Waals surface area contributed by atoms with Crippen LogP contribution in [0.4, 0.5) is 11.4 Å². The lowest BCUT2D eigenvalue weighted by Gasteiger charge is -2.14. The van der Waals surface area contributed by atoms with E-state index in [0.29, 0.717) is 12.2 Å². The van der Waals surface area contributed by atoms with Gasteiger partial charge in [0.1, 0.15) is 4.90 Å². The molecule has 7 heteroatoms. The third-order valence-corrected chi connectivity index (χ3v) is 5.77. The van der Waals surface area contributed by atoms with Crippen molar-refractivity contribution < 1.29 is 13.3 Å². The van der Waals surface area contributed by atoms with Crippen LogP contribution < -0.4 is 5.32 Å². The summed E-state index contributed by atoms with van der Waals surface area (Å²) in [6.45, 7) is 0.691. The van der Waals surface area contributed by atoms with E-state index < -0.39 is 20.4 Å². The molecule has 0 aromatic heterocycles. The van der Waals surface area contributed by atoms with Crippen LogP contribution >= 0.6 is 0 Å². The third-order valence-electron chi connectivity index (χ3n) is 3.93. The zero-order valence-electron chi connectivity index (χ0n) is 12.4. The van der Waals surface area contributed by atoms with E-state index in [4.69, 9.17) is 0 Å². The molecule has 6 nitrogen and oxygen atoms in total. The number of nitrogens with one attached hydrogen (secondary N) is 1. The standard InChI is InChI=1S/C16H16N2O4S/c19-18(20)13-8-1-2-9-14(13)23(21,22)15-10-5-7-12-6-3-4-11-17-16(12)15/h1-2,5,7-10,17H,3-4,6,11H2. The lowest BCUT2D eigenvalue weighted by Crippen LogP contribution is -2.10. The van der Waals surface area contributed by atoms with Crippen LogP contribution in [0.1, 0.15) is 18.4 Å². The Morgan fingerprint density at radius 1 is 1.00 bits per heavy atom. The highest BCUT2D eigenvalue weighted by molar-refractivity contribution is 7.91. The van der Waals surface area contributed by atoms with Gasteiger partial charge in [-0.1, -0.05) is 24.3 Å². The van der Waals surface area contributed by atoms with Crippen LogP contribution in [0.3, 0.4) is 0 Å². The van der Waals surface area contributed by atoms with E-state index in [2.05, 4.69) is 5.32 Å². The van der Waals surface area contributed by atoms with Crippen LogP contribution in [0.5, 0.6) is 0 Å². The average molecular weight is 332 g/mol. The molecule has 1 aliphatic heterocycles. The number of anilines is 1. The Labute approximate surface area is 134 Å². The molecule has 0 fully saturated rings. The molecule has 0 saturated heterocycles. The maximum atomic E-state index is 13.0. The molecule has 3 rings (SSSR count). The van der Waals surface area contributed by atoms with Crippen LogP contribution in [0, 0.1) is 10.1 Å². The van der Waals surface area contributed by atoms with Gasteiger partial charge in [0, 0.05) is 12.6 Å². The van der Waals surface area contributed by atoms with Gasteiger partial charge >= 0.3 is 0 Å². The van der Waals surface area contributed by atoms with E-state index in [1.165, 1.54) is 30.3 Å². The normalized spacial score (nSPS) is 14.4. The molecule has 2 aromatic rings. The van der Waals surface area contributed by atoms with Crippen LogP contribution in [0.25, 0.3) is 0 Å². The van der Waals surface area contributed by atoms with Crippen LogP contribution in [0.15, 0.2) is 52.3 Å². The Balaban J connectivity index is 2.21. The van der Waals surface area contributed by atoms with Crippen LogP contribution in [-0.4, -0.2) is 19.9 Å². The molecule has 0 saturated carbocycles. The Bertz CT molecular complexity index is 862. The van der Waals surface area contributed by atoms with E-state index >= 15 is 0 Å². The topological polar surface area (TPSA) is 89.3 Å². The number of para-hydroxylation sites is 2. The molecule has 0 bridgehead atoms. The number of rotatable bonds is 3. The first kappa shape index (κ1) is 15.5. The van der Waals surface area contributed by atoms with Gasteiger partial charge in [0.05, 0.1) is 15.5 Å². The van der Waals surface area contributed by atoms with Gasteiger partial charge in [0.15, 0.2) is 0 Å². The fourth-order valence-electron chi connectivity index (χ4n) is 2.82. The Morgan fingerprint density at radius 2 is 1.74 bits per heavy atom. The second-order valence-electron chi connectivity index (χ2n) is 5.40. The first-order valence-electron chi connectivity index (χ1n) is 7.36. The quantitative estimate of drug-likeness (QED) is 0.689. The number of fused-ring (bicyclic) bond motifs is 1. The molecule has 0 spiro atoms. The number of benzene rings is 2. The molecule has 0 unspecified atom stereocenters. The summed E-state index contributed by atoms with van der Waals surface area (Å²) in [6, 6.07) is 10.5. The van der Waals surface area contributed by atoms with Gasteiger partial charge in [0.25, 0.3) is 5.69 Å². The number of hydrogen-bond acceptors (Lipinski definition) is 5. The summed E-state index contributed by atoms with van der Waals surface area (Å²) >= 11 is 0. The molecule has 0 radical (unpaired) electrons. The Kier molecular flexibility index (Phi) is 4.04. The van der Waals surface area contributed by atoms with Crippen molar-refractivity contribution >= 4 is 21.2 Å². The predicted octanol–water partition coefficient (Wildman–Crippen LogP) is 3.18. The summed E-state index contributed by atoms with van der Waals surface area (Å²) in [4.78, 5) is 10.3. The number of nitro benzene ring substituents is 1. The van der Waals surface area contributed by atoms with Gasteiger partial charge in [-0.15, -0.1) is 0 Å². The summed E-state index contributed by atoms with van der Waals surface area (Å²) in [7, 11) is -3.98. The second kappa shape index (κ2) is 6.00. The zero-order chi connectivity index (χ0) is 16.4. The van der Waals surface area contributed by atoms with Gasteiger partial charge in [-0.05, 0) is 37.0 Å². The van der Waals surface area contributed by atoms with Crippen molar-refractivity contribution in [3.8, 4) is 0 Å². The van der Waals surface area contributed by atoms with E-state index in [1.807, 2.05) is 6.07 Å². The van der Waals surface area contributed by atoms with Crippen molar-refractivity contribution in [3.63, 3.8) is 0 Å². The minimum absolute atomic E-state index is 0.103. The first-order valence-corrected chi connectivity index (χ1v) is 8.84. The number of sulfone groups is 1. The van der Waals surface area contributed by atoms with Crippen LogP contribution in [0.2, 0.25) is 0 Å². The van der Waals surface area contributed by atoms with Gasteiger partial charge < -0.3 is 5.32 Å². The van der Waals surface area contributed by atoms with E-state index in [0.717, 1.165) is 24.8 Å². The molecule has 1 heterocycles. The fraction of sp³-hybridized carbons (Fsp3) is 0.250. The van der Waals surface area contributed by atoms with Crippen LogP contribution in [-0.2, 0) is 16.3 Å². The van der Waals surface area contributed by atoms with E-state index in [-0.39, 0.29) is 9.79 Å². The smallest absolute Gasteiger partial charge is 0.288 e. The maximum absolute atomic E-state index is 13.0. The van der Waals surface area contributed by atoms with Crippen molar-refractivity contribution in [2.75, 3.05) is 11.9 Å². The van der Waals surface area contributed by atoms with Crippen molar-refractivity contribution in [2.45, 2.75) is 29.1 Å². The van der Waals surface area contributed by atoms with Crippen molar-refractivity contribution in [1.29, 1.82) is 0 Å². The summed E-state index contributed by atoms with van der Waals surface area (Å²) < 4.78 is 26.0. The third kappa shape index (κ3) is 2.79. The molecule has 1 aliphatic rings. The second-order valence-corrected chi connectivity index (χ2v) is 7.29. The monoisotopic (exact) mass is 332 g/mol. The number of nitro groups is 1. The van der Waals surface area contributed by atoms with Gasteiger partial charge in [-0.3, -0.25) is 10.1 Å². The minimum atomic E-state index is -3.98. The number of aryl methyl sites for hydroxylation is 1. The molecular formula is C16H16N2O4S. The Morgan fingerprint density at radius 3 is 2.52 bits per heavy atom. The molecule has 0 aliphatic carbocycles. The summed E-state index contributed by atoms with van der Waals surface area (Å²) in [5.41, 5.74) is 1.10. The van der Waals surface area contributed by atoms with Crippen molar-refractivity contribution in [2.24, 2.45) is 0 Å². The zero-order valence-corrected chi connectivity index (χ0v) is 13.2. The maximum Gasteiger partial charge on any atom is 0.288 e. The molecule has 2 aromatic carbocycles. The minimum Gasteiger partial charge on any atom is -0.384 e. The molecule has 1 N–H and O–H groups in total. The van der Waals surface area contributed by atoms with Crippen molar-refractivity contribution in [3.05, 3.63) is 58.1 Å². The average Bonchev–Trinajstić information content (AvgIpc) is 2.79. The van der Waals surface area contributed by atoms with E-state index in [9.17, 15) is 18.5 Å². The van der Waals surface area contributed by atoms with Gasteiger partial charge in [0.2, 0.25) is 9.84 Å². The molecule has 23 heavy (non-hydrogen) atoms. The molecular weight excluding hydrogens is 316 g/mol. The van der Waals surface area contributed by atoms with Gasteiger partial charge in [-0.25, -0.2) is 8.42 Å². The molecule has 0 amide bonds. The Hall–Kier alpha value is -2.41. The lowest BCUT2D eigenvalue weighted by molar-refractivity contribution is -0.387. The fourth-order valence-corrected chi connectivity index (χ4v) is 4.46. The summed E-state index contributed by atoms with van der Waals surface area (Å²) in [5, 5.41) is 14.3. The first-order chi connectivity index (χ1) is 11.0. The number of hydrogen-bond donors (Lipinski definition) is 1. The highest BCUT2D eigenvalue weighted by atomic mass is 32.2. The lowest BCUT2D eigenvalue weighted by atomic mass is 10.1. The number of nitrogens with zero attached hydrogens (tertiary/aromatic N) is 1. The summed E-state index contributed by atoms with van der Waals surface area (Å²) in [6.07, 6.45) is 2.73. The van der Waals surface area contributed by atoms with Gasteiger partial charge in [-0.2, -0.15) is 0 Å². The van der Waals surface area contributed by atoms with Crippen molar-refractivity contribution in [1.82, 2.24) is 0 Å². The van der Waals surface area contributed by atoms with E-state index in [1.54, 1.807) is 6.07 Å². The highest BCUT2D eigenvalue weighted by Crippen LogP contribution is 2.35. The SMILES string of the molecule is O=[N+]([O-])c1ccccc1S(=O)(=O)c1cccc2c1NCCCC2. The summed E-state index contributed by atoms with van der Waals surface area (Å²) in [5.74, 6) is 0. The highest BCUT2D eigenvalue weighted by Gasteiger charge is 2.30. The largest absolute Gasteiger partial charge is 0.384 e. The molecule has 0 atom stereocenters. The molecule has 120 valence electrons. The predicted molar refractivity (Wildman–Crippen MR) is 86.4 cm³/mol.